The summed E-state index contributed by atoms with van der Waals surface area (Å²) in [6.45, 7) is 0. The average molecular weight is 268 g/mol. The molecule has 0 radical (unpaired) electrons. The maximum Gasteiger partial charge on any atom is 0.116 e. The Hall–Kier alpha value is 0.200. The van der Waals surface area contributed by atoms with Crippen LogP contribution in [0.25, 0.3) is 0 Å². The first-order valence-corrected chi connectivity index (χ1v) is 5.80. The minimum absolute atomic E-state index is 0.704. The van der Waals surface area contributed by atoms with E-state index in [1.165, 1.54) is 0 Å². The standard InChI is InChI=1S/C7H8BrClN2S/c8-6-4-10-5-11-7(6)12-3-1-2-9/h4-5H,1-3H2. The molecule has 0 aliphatic carbocycles. The monoisotopic (exact) mass is 266 g/mol. The van der Waals surface area contributed by atoms with E-state index >= 15 is 0 Å². The van der Waals surface area contributed by atoms with Crippen molar-refractivity contribution in [2.75, 3.05) is 11.6 Å². The van der Waals surface area contributed by atoms with Gasteiger partial charge in [0.15, 0.2) is 0 Å². The van der Waals surface area contributed by atoms with Crippen LogP contribution in [0.3, 0.4) is 0 Å². The maximum absolute atomic E-state index is 5.55. The SMILES string of the molecule is ClCCCSc1ncncc1Br. The first-order valence-electron chi connectivity index (χ1n) is 3.49. The van der Waals surface area contributed by atoms with Crippen LogP contribution < -0.4 is 0 Å². The molecule has 2 nitrogen and oxygen atoms in total. The Balaban J connectivity index is 2.46. The van der Waals surface area contributed by atoms with Crippen molar-refractivity contribution in [3.63, 3.8) is 0 Å². The van der Waals surface area contributed by atoms with Gasteiger partial charge in [-0.2, -0.15) is 0 Å². The molecule has 0 aliphatic heterocycles. The summed E-state index contributed by atoms with van der Waals surface area (Å²) in [6, 6.07) is 0. The molecule has 66 valence electrons. The summed E-state index contributed by atoms with van der Waals surface area (Å²) in [4.78, 5) is 7.99. The van der Waals surface area contributed by atoms with Gasteiger partial charge in [0.2, 0.25) is 0 Å². The molecule has 0 atom stereocenters. The molecule has 12 heavy (non-hydrogen) atoms. The summed E-state index contributed by atoms with van der Waals surface area (Å²) in [6.07, 6.45) is 4.30. The van der Waals surface area contributed by atoms with Gasteiger partial charge in [-0.3, -0.25) is 0 Å². The number of hydrogen-bond donors (Lipinski definition) is 0. The number of aromatic nitrogens is 2. The summed E-state index contributed by atoms with van der Waals surface area (Å²) in [7, 11) is 0. The topological polar surface area (TPSA) is 25.8 Å². The number of thioether (sulfide) groups is 1. The largest absolute Gasteiger partial charge is 0.244 e. The van der Waals surface area contributed by atoms with Crippen molar-refractivity contribution >= 4 is 39.3 Å². The van der Waals surface area contributed by atoms with Crippen LogP contribution in [0.5, 0.6) is 0 Å². The molecule has 0 spiro atoms. The molecule has 0 amide bonds. The van der Waals surface area contributed by atoms with Crippen molar-refractivity contribution in [3.05, 3.63) is 17.0 Å². The van der Waals surface area contributed by atoms with Gasteiger partial charge in [-0.25, -0.2) is 9.97 Å². The average Bonchev–Trinajstić information content (AvgIpc) is 2.09. The van der Waals surface area contributed by atoms with E-state index in [1.54, 1.807) is 24.3 Å². The number of nitrogens with zero attached hydrogens (tertiary/aromatic N) is 2. The summed E-state index contributed by atoms with van der Waals surface area (Å²) in [5.41, 5.74) is 0. The number of hydrogen-bond acceptors (Lipinski definition) is 3. The highest BCUT2D eigenvalue weighted by atomic mass is 79.9. The predicted molar refractivity (Wildman–Crippen MR) is 55.8 cm³/mol. The lowest BCUT2D eigenvalue weighted by atomic mass is 10.6. The Morgan fingerprint density at radius 2 is 2.42 bits per heavy atom. The minimum Gasteiger partial charge on any atom is -0.244 e. The quantitative estimate of drug-likeness (QED) is 0.363. The smallest absolute Gasteiger partial charge is 0.116 e. The van der Waals surface area contributed by atoms with E-state index in [0.29, 0.717) is 5.88 Å². The van der Waals surface area contributed by atoms with Crippen molar-refractivity contribution in [3.8, 4) is 0 Å². The minimum atomic E-state index is 0.704. The maximum atomic E-state index is 5.55. The van der Waals surface area contributed by atoms with Gasteiger partial charge in [0.1, 0.15) is 11.4 Å². The van der Waals surface area contributed by atoms with Crippen molar-refractivity contribution < 1.29 is 0 Å². The van der Waals surface area contributed by atoms with Crippen molar-refractivity contribution in [2.24, 2.45) is 0 Å². The van der Waals surface area contributed by atoms with Crippen molar-refractivity contribution in [1.82, 2.24) is 9.97 Å². The van der Waals surface area contributed by atoms with Crippen LogP contribution in [-0.4, -0.2) is 21.6 Å². The second-order valence-corrected chi connectivity index (χ2v) is 4.38. The zero-order valence-corrected chi connectivity index (χ0v) is 9.49. The molecule has 1 aromatic rings. The molecule has 0 bridgehead atoms. The molecular weight excluding hydrogens is 260 g/mol. The van der Waals surface area contributed by atoms with E-state index in [2.05, 4.69) is 25.9 Å². The Morgan fingerprint density at radius 1 is 1.58 bits per heavy atom. The number of halogens is 2. The van der Waals surface area contributed by atoms with Crippen molar-refractivity contribution in [2.45, 2.75) is 11.4 Å². The van der Waals surface area contributed by atoms with Crippen LogP contribution in [-0.2, 0) is 0 Å². The first kappa shape index (κ1) is 10.3. The Labute approximate surface area is 89.3 Å². The molecule has 0 saturated heterocycles. The summed E-state index contributed by atoms with van der Waals surface area (Å²) >= 11 is 10.6. The molecule has 0 aromatic carbocycles. The van der Waals surface area contributed by atoms with Gasteiger partial charge in [0.25, 0.3) is 0 Å². The van der Waals surface area contributed by atoms with Crippen LogP contribution in [0.1, 0.15) is 6.42 Å². The van der Waals surface area contributed by atoms with E-state index in [-0.39, 0.29) is 0 Å². The second-order valence-electron chi connectivity index (χ2n) is 2.07. The fraction of sp³-hybridized carbons (Fsp3) is 0.429. The summed E-state index contributed by atoms with van der Waals surface area (Å²) < 4.78 is 0.949. The van der Waals surface area contributed by atoms with Crippen LogP contribution in [0.2, 0.25) is 0 Å². The third-order valence-electron chi connectivity index (χ3n) is 1.15. The fourth-order valence-corrected chi connectivity index (χ4v) is 2.28. The third kappa shape index (κ3) is 3.29. The zero-order valence-electron chi connectivity index (χ0n) is 6.33. The molecule has 0 aliphatic rings. The van der Waals surface area contributed by atoms with Gasteiger partial charge in [0.05, 0.1) is 4.47 Å². The van der Waals surface area contributed by atoms with Gasteiger partial charge in [-0.1, -0.05) is 0 Å². The molecule has 5 heteroatoms. The third-order valence-corrected chi connectivity index (χ3v) is 3.35. The highest BCUT2D eigenvalue weighted by molar-refractivity contribution is 9.10. The number of alkyl halides is 1. The van der Waals surface area contributed by atoms with Gasteiger partial charge >= 0.3 is 0 Å². The summed E-state index contributed by atoms with van der Waals surface area (Å²) in [5, 5.41) is 0.982. The van der Waals surface area contributed by atoms with Gasteiger partial charge in [-0.05, 0) is 22.4 Å². The normalized spacial score (nSPS) is 10.2. The molecule has 1 aromatic heterocycles. The highest BCUT2D eigenvalue weighted by Crippen LogP contribution is 2.24. The number of rotatable bonds is 4. The van der Waals surface area contributed by atoms with Crippen LogP contribution in [0, 0.1) is 0 Å². The van der Waals surface area contributed by atoms with E-state index in [1.807, 2.05) is 0 Å². The van der Waals surface area contributed by atoms with Crippen LogP contribution in [0.4, 0.5) is 0 Å². The summed E-state index contributed by atoms with van der Waals surface area (Å²) in [5.74, 6) is 1.70. The second kappa shape index (κ2) is 5.78. The van der Waals surface area contributed by atoms with Gasteiger partial charge in [0, 0.05) is 17.8 Å². The Kier molecular flexibility index (Phi) is 4.95. The van der Waals surface area contributed by atoms with Crippen LogP contribution in [0.15, 0.2) is 22.0 Å². The zero-order chi connectivity index (χ0) is 8.81. The molecule has 1 heterocycles. The Bertz CT molecular complexity index is 247. The van der Waals surface area contributed by atoms with Crippen LogP contribution >= 0.6 is 39.3 Å². The first-order chi connectivity index (χ1) is 5.84. The lowest BCUT2D eigenvalue weighted by molar-refractivity contribution is 1.02. The van der Waals surface area contributed by atoms with Gasteiger partial charge in [-0.15, -0.1) is 23.4 Å². The Morgan fingerprint density at radius 3 is 3.08 bits per heavy atom. The lowest BCUT2D eigenvalue weighted by Gasteiger charge is -1.99. The van der Waals surface area contributed by atoms with E-state index in [9.17, 15) is 0 Å². The van der Waals surface area contributed by atoms with Crippen molar-refractivity contribution in [1.29, 1.82) is 0 Å². The highest BCUT2D eigenvalue weighted by Gasteiger charge is 1.99. The molecule has 1 rings (SSSR count). The predicted octanol–water partition coefficient (Wildman–Crippen LogP) is 2.96. The van der Waals surface area contributed by atoms with E-state index in [4.69, 9.17) is 11.6 Å². The molecule has 0 unspecified atom stereocenters. The molecule has 0 fully saturated rings. The fourth-order valence-electron chi connectivity index (χ4n) is 0.631. The van der Waals surface area contributed by atoms with E-state index in [0.717, 1.165) is 21.7 Å². The molecule has 0 N–H and O–H groups in total. The van der Waals surface area contributed by atoms with E-state index < -0.39 is 0 Å². The molecule has 0 saturated carbocycles. The lowest BCUT2D eigenvalue weighted by Crippen LogP contribution is -1.86. The molecular formula is C7H8BrClN2S. The van der Waals surface area contributed by atoms with Gasteiger partial charge < -0.3 is 0 Å².